The molecule has 0 spiro atoms. The first-order chi connectivity index (χ1) is 7.11. The summed E-state index contributed by atoms with van der Waals surface area (Å²) in [5.41, 5.74) is 1.42. The number of halogens is 1. The van der Waals surface area contributed by atoms with E-state index in [0.29, 0.717) is 10.7 Å². The van der Waals surface area contributed by atoms with Crippen LogP contribution in [-0.4, -0.2) is 15.6 Å². The molecular formula is C10H9ClN2OS. The van der Waals surface area contributed by atoms with Gasteiger partial charge in [-0.25, -0.2) is 0 Å². The second-order valence-corrected chi connectivity index (χ2v) is 4.55. The molecule has 0 unspecified atom stereocenters. The van der Waals surface area contributed by atoms with Gasteiger partial charge in [-0.1, -0.05) is 11.6 Å². The highest BCUT2D eigenvalue weighted by Crippen LogP contribution is 2.23. The maximum absolute atomic E-state index is 12.1. The third-order valence-electron chi connectivity index (χ3n) is 2.18. The van der Waals surface area contributed by atoms with E-state index in [4.69, 9.17) is 11.6 Å². The molecule has 0 amide bonds. The zero-order valence-corrected chi connectivity index (χ0v) is 9.89. The fourth-order valence-electron chi connectivity index (χ4n) is 1.38. The van der Waals surface area contributed by atoms with Crippen molar-refractivity contribution in [2.24, 2.45) is 7.05 Å². The summed E-state index contributed by atoms with van der Waals surface area (Å²) in [6.07, 6.45) is 1.48. The Kier molecular flexibility index (Phi) is 2.63. The number of carbonyl (C=O) groups is 1. The second kappa shape index (κ2) is 3.79. The van der Waals surface area contributed by atoms with Crippen molar-refractivity contribution < 1.29 is 4.79 Å². The van der Waals surface area contributed by atoms with Crippen molar-refractivity contribution in [3.05, 3.63) is 38.8 Å². The Balaban J connectivity index is 2.50. The van der Waals surface area contributed by atoms with Gasteiger partial charge in [0.25, 0.3) is 0 Å². The van der Waals surface area contributed by atoms with Crippen LogP contribution in [0.5, 0.6) is 0 Å². The van der Waals surface area contributed by atoms with Crippen LogP contribution >= 0.6 is 22.9 Å². The lowest BCUT2D eigenvalue weighted by molar-refractivity contribution is 0.103. The maximum atomic E-state index is 12.1. The van der Waals surface area contributed by atoms with Gasteiger partial charge < -0.3 is 0 Å². The molecule has 0 saturated heterocycles. The maximum Gasteiger partial charge on any atom is 0.222 e. The van der Waals surface area contributed by atoms with Crippen molar-refractivity contribution in [1.82, 2.24) is 9.78 Å². The summed E-state index contributed by atoms with van der Waals surface area (Å²) in [4.78, 5) is 12.8. The van der Waals surface area contributed by atoms with Crippen molar-refractivity contribution in [1.29, 1.82) is 0 Å². The molecule has 15 heavy (non-hydrogen) atoms. The van der Waals surface area contributed by atoms with Crippen LogP contribution in [0.2, 0.25) is 5.02 Å². The summed E-state index contributed by atoms with van der Waals surface area (Å²) in [5.74, 6) is -0.0625. The molecule has 0 saturated carbocycles. The van der Waals surface area contributed by atoms with E-state index < -0.39 is 0 Å². The molecular weight excluding hydrogens is 232 g/mol. The molecule has 2 rings (SSSR count). The molecule has 0 aliphatic rings. The number of rotatable bonds is 2. The van der Waals surface area contributed by atoms with Gasteiger partial charge in [0.05, 0.1) is 16.1 Å². The Morgan fingerprint density at radius 1 is 1.60 bits per heavy atom. The van der Waals surface area contributed by atoms with Crippen LogP contribution in [0.3, 0.4) is 0 Å². The smallest absolute Gasteiger partial charge is 0.222 e. The molecule has 2 aromatic heterocycles. The standard InChI is InChI=1S/C10H9ClN2OS/c1-6-3-4-15-10(6)9(14)8-7(11)5-12-13(8)2/h3-5H,1-2H3. The molecule has 0 atom stereocenters. The highest BCUT2D eigenvalue weighted by molar-refractivity contribution is 7.12. The van der Waals surface area contributed by atoms with Crippen molar-refractivity contribution in [2.75, 3.05) is 0 Å². The van der Waals surface area contributed by atoms with E-state index in [1.807, 2.05) is 18.4 Å². The average Bonchev–Trinajstić information content (AvgIpc) is 2.73. The molecule has 0 aromatic carbocycles. The molecule has 2 aromatic rings. The first-order valence-electron chi connectivity index (χ1n) is 4.37. The Hall–Kier alpha value is -1.13. The summed E-state index contributed by atoms with van der Waals surface area (Å²) < 4.78 is 1.50. The lowest BCUT2D eigenvalue weighted by atomic mass is 10.2. The number of ketones is 1. The molecule has 3 nitrogen and oxygen atoms in total. The van der Waals surface area contributed by atoms with Crippen molar-refractivity contribution in [2.45, 2.75) is 6.92 Å². The topological polar surface area (TPSA) is 34.9 Å². The minimum Gasteiger partial charge on any atom is -0.286 e. The fraction of sp³-hybridized carbons (Fsp3) is 0.200. The number of nitrogens with zero attached hydrogens (tertiary/aromatic N) is 2. The highest BCUT2D eigenvalue weighted by Gasteiger charge is 2.19. The van der Waals surface area contributed by atoms with Gasteiger partial charge in [-0.15, -0.1) is 11.3 Å². The molecule has 0 bridgehead atoms. The van der Waals surface area contributed by atoms with Gasteiger partial charge in [-0.3, -0.25) is 9.48 Å². The molecule has 2 heterocycles. The Morgan fingerprint density at radius 2 is 2.33 bits per heavy atom. The Morgan fingerprint density at radius 3 is 2.80 bits per heavy atom. The van der Waals surface area contributed by atoms with E-state index in [1.54, 1.807) is 7.05 Å². The first-order valence-corrected chi connectivity index (χ1v) is 5.63. The normalized spacial score (nSPS) is 10.6. The largest absolute Gasteiger partial charge is 0.286 e. The number of carbonyl (C=O) groups excluding carboxylic acids is 1. The summed E-state index contributed by atoms with van der Waals surface area (Å²) in [6, 6.07) is 1.92. The third kappa shape index (κ3) is 1.70. The van der Waals surface area contributed by atoms with Crippen LogP contribution in [0.15, 0.2) is 17.6 Å². The Bertz CT molecular complexity index is 496. The van der Waals surface area contributed by atoms with Crippen LogP contribution in [0.4, 0.5) is 0 Å². The predicted molar refractivity (Wildman–Crippen MR) is 60.7 cm³/mol. The zero-order chi connectivity index (χ0) is 11.0. The molecule has 78 valence electrons. The van der Waals surface area contributed by atoms with E-state index in [9.17, 15) is 4.79 Å². The van der Waals surface area contributed by atoms with Gasteiger partial charge in [-0.2, -0.15) is 5.10 Å². The lowest BCUT2D eigenvalue weighted by Crippen LogP contribution is -2.08. The van der Waals surface area contributed by atoms with Crippen LogP contribution in [0.25, 0.3) is 0 Å². The van der Waals surface area contributed by atoms with Crippen molar-refractivity contribution >= 4 is 28.7 Å². The van der Waals surface area contributed by atoms with Gasteiger partial charge >= 0.3 is 0 Å². The van der Waals surface area contributed by atoms with E-state index >= 15 is 0 Å². The SMILES string of the molecule is Cc1ccsc1C(=O)c1c(Cl)cnn1C. The average molecular weight is 241 g/mol. The molecule has 0 fully saturated rings. The number of hydrogen-bond donors (Lipinski definition) is 0. The summed E-state index contributed by atoms with van der Waals surface area (Å²) in [6.45, 7) is 1.91. The van der Waals surface area contributed by atoms with Crippen LogP contribution in [0, 0.1) is 6.92 Å². The van der Waals surface area contributed by atoms with Gasteiger partial charge in [0, 0.05) is 7.05 Å². The van der Waals surface area contributed by atoms with E-state index in [1.165, 1.54) is 22.2 Å². The third-order valence-corrected chi connectivity index (χ3v) is 3.47. The van der Waals surface area contributed by atoms with E-state index in [-0.39, 0.29) is 5.78 Å². The minimum atomic E-state index is -0.0625. The van der Waals surface area contributed by atoms with Gasteiger partial charge in [0.15, 0.2) is 0 Å². The van der Waals surface area contributed by atoms with Crippen LogP contribution in [-0.2, 0) is 7.05 Å². The van der Waals surface area contributed by atoms with Crippen LogP contribution in [0.1, 0.15) is 20.9 Å². The summed E-state index contributed by atoms with van der Waals surface area (Å²) >= 11 is 7.33. The minimum absolute atomic E-state index is 0.0625. The van der Waals surface area contributed by atoms with E-state index in [2.05, 4.69) is 5.10 Å². The molecule has 0 radical (unpaired) electrons. The monoisotopic (exact) mass is 240 g/mol. The summed E-state index contributed by atoms with van der Waals surface area (Å²) in [5, 5.41) is 6.24. The van der Waals surface area contributed by atoms with Gasteiger partial charge in [0.2, 0.25) is 5.78 Å². The number of hydrogen-bond acceptors (Lipinski definition) is 3. The summed E-state index contributed by atoms with van der Waals surface area (Å²) in [7, 11) is 1.71. The van der Waals surface area contributed by atoms with Gasteiger partial charge in [-0.05, 0) is 23.9 Å². The first kappa shape index (κ1) is 10.4. The van der Waals surface area contributed by atoms with Crippen molar-refractivity contribution in [3.63, 3.8) is 0 Å². The molecule has 0 N–H and O–H groups in total. The Labute approximate surface area is 96.3 Å². The molecule has 0 aliphatic carbocycles. The quantitative estimate of drug-likeness (QED) is 0.757. The number of thiophene rings is 1. The zero-order valence-electron chi connectivity index (χ0n) is 8.32. The second-order valence-electron chi connectivity index (χ2n) is 3.23. The fourth-order valence-corrected chi connectivity index (χ4v) is 2.50. The van der Waals surface area contributed by atoms with Crippen LogP contribution < -0.4 is 0 Å². The van der Waals surface area contributed by atoms with Crippen molar-refractivity contribution in [3.8, 4) is 0 Å². The molecule has 0 aliphatic heterocycles. The predicted octanol–water partition coefficient (Wildman–Crippen LogP) is 2.67. The lowest BCUT2D eigenvalue weighted by Gasteiger charge is -2.00. The van der Waals surface area contributed by atoms with Gasteiger partial charge in [0.1, 0.15) is 5.69 Å². The number of aryl methyl sites for hydroxylation is 2. The van der Waals surface area contributed by atoms with E-state index in [0.717, 1.165) is 10.4 Å². The highest BCUT2D eigenvalue weighted by atomic mass is 35.5. The number of aromatic nitrogens is 2. The molecule has 5 heteroatoms.